The lowest BCUT2D eigenvalue weighted by molar-refractivity contribution is -0.142. The fourth-order valence-corrected chi connectivity index (χ4v) is 4.51. The summed E-state index contributed by atoms with van der Waals surface area (Å²) in [6.07, 6.45) is 1.62. The Labute approximate surface area is 216 Å². The van der Waals surface area contributed by atoms with Gasteiger partial charge in [-0.15, -0.1) is 0 Å². The number of anilines is 1. The highest BCUT2D eigenvalue weighted by Gasteiger charge is 2.46. The molecule has 0 aliphatic carbocycles. The highest BCUT2D eigenvalue weighted by atomic mass is 35.5. The number of hydrogen-bond donors (Lipinski definition) is 1. The molecule has 1 N–H and O–H groups in total. The lowest BCUT2D eigenvalue weighted by atomic mass is 9.98. The van der Waals surface area contributed by atoms with Gasteiger partial charge in [-0.2, -0.15) is 0 Å². The number of benzene rings is 2. The summed E-state index contributed by atoms with van der Waals surface area (Å²) >= 11 is 6.06. The Morgan fingerprint density at radius 2 is 1.89 bits per heavy atom. The molecule has 0 saturated carbocycles. The molecule has 1 aliphatic rings. The molecular weight excluding hydrogens is 496 g/mol. The van der Waals surface area contributed by atoms with Crippen LogP contribution in [0.15, 0.2) is 88.7 Å². The molecule has 186 valence electrons. The lowest BCUT2D eigenvalue weighted by Gasteiger charge is -2.26. The van der Waals surface area contributed by atoms with Gasteiger partial charge in [-0.3, -0.25) is 24.3 Å². The van der Waals surface area contributed by atoms with Crippen molar-refractivity contribution in [3.8, 4) is 0 Å². The van der Waals surface area contributed by atoms with E-state index in [0.717, 1.165) is 0 Å². The van der Waals surface area contributed by atoms with Gasteiger partial charge < -0.3 is 14.3 Å². The van der Waals surface area contributed by atoms with Crippen molar-refractivity contribution < 1.29 is 28.6 Å². The molecule has 0 fully saturated rings. The third-order valence-corrected chi connectivity index (χ3v) is 6.23. The lowest BCUT2D eigenvalue weighted by Crippen LogP contribution is -2.31. The quantitative estimate of drug-likeness (QED) is 0.260. The molecule has 0 saturated heterocycles. The van der Waals surface area contributed by atoms with Crippen LogP contribution in [-0.2, 0) is 20.7 Å². The largest absolute Gasteiger partial charge is 0.503 e. The first-order chi connectivity index (χ1) is 17.9. The predicted octanol–water partition coefficient (Wildman–Crippen LogP) is 5.37. The van der Waals surface area contributed by atoms with E-state index in [4.69, 9.17) is 20.8 Å². The summed E-state index contributed by atoms with van der Waals surface area (Å²) in [5.74, 6) is -2.49. The van der Waals surface area contributed by atoms with E-state index in [2.05, 4.69) is 4.98 Å². The van der Waals surface area contributed by atoms with Gasteiger partial charge in [0.25, 0.3) is 5.91 Å². The van der Waals surface area contributed by atoms with E-state index in [1.54, 1.807) is 73.8 Å². The van der Waals surface area contributed by atoms with E-state index in [0.29, 0.717) is 32.9 Å². The minimum atomic E-state index is -1.01. The molecule has 9 heteroatoms. The molecule has 4 aromatic rings. The van der Waals surface area contributed by atoms with Crippen LogP contribution in [0.3, 0.4) is 0 Å². The number of rotatable bonds is 7. The fourth-order valence-electron chi connectivity index (χ4n) is 4.33. The maximum Gasteiger partial charge on any atom is 0.310 e. The minimum absolute atomic E-state index is 0.0424. The SMILES string of the molecule is CCOC(=O)Cc1ccc(N2C(=O)C(O)=C(C(=O)c3cc4cc(Cl)ccc4o3)C2c2ccccn2)cc1. The summed E-state index contributed by atoms with van der Waals surface area (Å²) in [6, 6.07) is 17.2. The zero-order valence-corrected chi connectivity index (χ0v) is 20.4. The number of pyridine rings is 1. The number of esters is 1. The van der Waals surface area contributed by atoms with Crippen LogP contribution in [0.4, 0.5) is 5.69 Å². The van der Waals surface area contributed by atoms with Crippen LogP contribution in [0.2, 0.25) is 5.02 Å². The Hall–Kier alpha value is -4.43. The van der Waals surface area contributed by atoms with Gasteiger partial charge in [0.1, 0.15) is 11.6 Å². The third kappa shape index (κ3) is 4.59. The first-order valence-electron chi connectivity index (χ1n) is 11.5. The van der Waals surface area contributed by atoms with Crippen LogP contribution in [0, 0.1) is 0 Å². The first kappa shape index (κ1) is 24.3. The molecule has 1 unspecified atom stereocenters. The number of aromatic nitrogens is 1. The number of carbonyl (C=O) groups is 3. The number of nitrogens with zero attached hydrogens (tertiary/aromatic N) is 2. The van der Waals surface area contributed by atoms with Crippen molar-refractivity contribution in [1.29, 1.82) is 0 Å². The van der Waals surface area contributed by atoms with Crippen LogP contribution in [0.1, 0.15) is 34.8 Å². The molecular formula is C28H21ClN2O6. The van der Waals surface area contributed by atoms with Crippen molar-refractivity contribution in [3.63, 3.8) is 0 Å². The average molecular weight is 517 g/mol. The van der Waals surface area contributed by atoms with Gasteiger partial charge in [0.2, 0.25) is 5.78 Å². The number of halogens is 1. The van der Waals surface area contributed by atoms with Gasteiger partial charge in [-0.25, -0.2) is 0 Å². The number of ketones is 1. The smallest absolute Gasteiger partial charge is 0.310 e. The Kier molecular flexibility index (Phi) is 6.50. The van der Waals surface area contributed by atoms with E-state index in [1.165, 1.54) is 11.0 Å². The highest BCUT2D eigenvalue weighted by molar-refractivity contribution is 6.31. The monoisotopic (exact) mass is 516 g/mol. The Morgan fingerprint density at radius 1 is 1.11 bits per heavy atom. The Balaban J connectivity index is 1.54. The van der Waals surface area contributed by atoms with Crippen LogP contribution in [-0.4, -0.2) is 34.4 Å². The minimum Gasteiger partial charge on any atom is -0.503 e. The number of Topliss-reactive ketones (excluding diaryl/α,β-unsaturated/α-hetero) is 1. The van der Waals surface area contributed by atoms with Crippen molar-refractivity contribution in [2.75, 3.05) is 11.5 Å². The number of amides is 1. The molecule has 3 heterocycles. The molecule has 2 aromatic carbocycles. The molecule has 37 heavy (non-hydrogen) atoms. The maximum atomic E-state index is 13.7. The van der Waals surface area contributed by atoms with Gasteiger partial charge in [0.15, 0.2) is 11.5 Å². The molecule has 8 nitrogen and oxygen atoms in total. The zero-order chi connectivity index (χ0) is 26.1. The second kappa shape index (κ2) is 9.91. The standard InChI is InChI=1S/C28H21ClN2O6/c1-2-36-23(32)13-16-6-9-19(10-7-16)31-25(20-5-3-4-12-30-20)24(27(34)28(31)35)26(33)22-15-17-14-18(29)8-11-21(17)37-22/h3-12,14-15,25,34H,2,13H2,1H3. The number of fused-ring (bicyclic) bond motifs is 1. The van der Waals surface area contributed by atoms with Crippen molar-refractivity contribution in [2.24, 2.45) is 0 Å². The van der Waals surface area contributed by atoms with E-state index in [1.807, 2.05) is 0 Å². The van der Waals surface area contributed by atoms with Crippen LogP contribution in [0.25, 0.3) is 11.0 Å². The van der Waals surface area contributed by atoms with Gasteiger partial charge >= 0.3 is 5.97 Å². The fraction of sp³-hybridized carbons (Fsp3) is 0.143. The number of hydrogen-bond acceptors (Lipinski definition) is 7. The number of aliphatic hydroxyl groups excluding tert-OH is 1. The molecule has 0 bridgehead atoms. The van der Waals surface area contributed by atoms with E-state index >= 15 is 0 Å². The maximum absolute atomic E-state index is 13.7. The molecule has 2 aromatic heterocycles. The molecule has 5 rings (SSSR count). The number of aliphatic hydroxyl groups is 1. The average Bonchev–Trinajstić information content (AvgIpc) is 3.43. The summed E-state index contributed by atoms with van der Waals surface area (Å²) in [6.45, 7) is 2.02. The van der Waals surface area contributed by atoms with Crippen molar-refractivity contribution in [1.82, 2.24) is 4.98 Å². The molecule has 1 atom stereocenters. The van der Waals surface area contributed by atoms with Crippen LogP contribution < -0.4 is 4.90 Å². The van der Waals surface area contributed by atoms with Gasteiger partial charge in [0.05, 0.1) is 24.3 Å². The summed E-state index contributed by atoms with van der Waals surface area (Å²) < 4.78 is 10.7. The number of ether oxygens (including phenoxy) is 1. The van der Waals surface area contributed by atoms with Crippen LogP contribution in [0.5, 0.6) is 0 Å². The van der Waals surface area contributed by atoms with Crippen LogP contribution >= 0.6 is 11.6 Å². The molecule has 0 radical (unpaired) electrons. The predicted molar refractivity (Wildman–Crippen MR) is 136 cm³/mol. The second-order valence-corrected chi connectivity index (χ2v) is 8.80. The summed E-state index contributed by atoms with van der Waals surface area (Å²) in [4.78, 5) is 44.5. The second-order valence-electron chi connectivity index (χ2n) is 8.36. The Bertz CT molecular complexity index is 1540. The first-order valence-corrected chi connectivity index (χ1v) is 11.9. The number of carbonyl (C=O) groups excluding carboxylic acids is 3. The number of furan rings is 1. The van der Waals surface area contributed by atoms with Gasteiger partial charge in [-0.1, -0.05) is 29.8 Å². The van der Waals surface area contributed by atoms with Gasteiger partial charge in [-0.05, 0) is 61.0 Å². The highest BCUT2D eigenvalue weighted by Crippen LogP contribution is 2.41. The van der Waals surface area contributed by atoms with Crippen molar-refractivity contribution in [3.05, 3.63) is 106 Å². The zero-order valence-electron chi connectivity index (χ0n) is 19.7. The third-order valence-electron chi connectivity index (χ3n) is 5.99. The van der Waals surface area contributed by atoms with Gasteiger partial charge in [0, 0.05) is 22.3 Å². The van der Waals surface area contributed by atoms with E-state index in [9.17, 15) is 19.5 Å². The van der Waals surface area contributed by atoms with Crippen molar-refractivity contribution >= 4 is 45.9 Å². The topological polar surface area (TPSA) is 110 Å². The molecule has 1 amide bonds. The van der Waals surface area contributed by atoms with E-state index in [-0.39, 0.29) is 30.3 Å². The molecule has 0 spiro atoms. The summed E-state index contributed by atoms with van der Waals surface area (Å²) in [7, 11) is 0. The molecule has 1 aliphatic heterocycles. The summed E-state index contributed by atoms with van der Waals surface area (Å²) in [5, 5.41) is 12.0. The van der Waals surface area contributed by atoms with Crippen molar-refractivity contribution in [2.45, 2.75) is 19.4 Å². The Morgan fingerprint density at radius 3 is 2.59 bits per heavy atom. The normalized spacial score (nSPS) is 15.5. The van der Waals surface area contributed by atoms with E-state index < -0.39 is 23.5 Å². The summed E-state index contributed by atoms with van der Waals surface area (Å²) in [5.41, 5.74) is 1.79.